The first-order chi connectivity index (χ1) is 9.20. The summed E-state index contributed by atoms with van der Waals surface area (Å²) < 4.78 is 5.64. The molecule has 0 fully saturated rings. The summed E-state index contributed by atoms with van der Waals surface area (Å²) in [5, 5.41) is 3.30. The molecule has 4 heteroatoms. The largest absolute Gasteiger partial charge is 0.423 e. The minimum absolute atomic E-state index is 0.367. The van der Waals surface area contributed by atoms with Crippen molar-refractivity contribution >= 4 is 22.8 Å². The van der Waals surface area contributed by atoms with Crippen molar-refractivity contribution in [3.8, 4) is 0 Å². The number of hydrogen-bond acceptors (Lipinski definition) is 4. The Morgan fingerprint density at radius 2 is 2.16 bits per heavy atom. The first-order valence-electron chi connectivity index (χ1n) is 7.12. The lowest BCUT2D eigenvalue weighted by Crippen LogP contribution is -2.14. The molecular weight excluding hydrogens is 238 g/mol. The van der Waals surface area contributed by atoms with Gasteiger partial charge in [-0.1, -0.05) is 38.7 Å². The number of benzene rings is 1. The van der Waals surface area contributed by atoms with Crippen LogP contribution in [0.4, 0.5) is 11.7 Å². The molecule has 19 heavy (non-hydrogen) atoms. The quantitative estimate of drug-likeness (QED) is 0.579. The minimum atomic E-state index is 0.367. The van der Waals surface area contributed by atoms with Crippen molar-refractivity contribution in [2.75, 3.05) is 11.1 Å². The fraction of sp³-hybridized carbons (Fsp3) is 0.533. The van der Waals surface area contributed by atoms with Crippen molar-refractivity contribution < 1.29 is 4.42 Å². The summed E-state index contributed by atoms with van der Waals surface area (Å²) in [6, 6.07) is 6.53. The van der Waals surface area contributed by atoms with Crippen LogP contribution < -0.4 is 11.1 Å². The maximum atomic E-state index is 5.86. The van der Waals surface area contributed by atoms with Crippen LogP contribution in [0.1, 0.15) is 46.0 Å². The van der Waals surface area contributed by atoms with E-state index >= 15 is 0 Å². The fourth-order valence-electron chi connectivity index (χ4n) is 2.19. The molecule has 104 valence electrons. The first-order valence-corrected chi connectivity index (χ1v) is 7.12. The second-order valence-electron chi connectivity index (χ2n) is 5.11. The van der Waals surface area contributed by atoms with Gasteiger partial charge >= 0.3 is 0 Å². The van der Waals surface area contributed by atoms with Crippen molar-refractivity contribution in [2.45, 2.75) is 52.0 Å². The summed E-state index contributed by atoms with van der Waals surface area (Å²) in [5.41, 5.74) is 8.00. The lowest BCUT2D eigenvalue weighted by molar-refractivity contribution is 0.561. The van der Waals surface area contributed by atoms with Gasteiger partial charge in [0, 0.05) is 6.04 Å². The van der Waals surface area contributed by atoms with Crippen molar-refractivity contribution in [1.82, 2.24) is 4.98 Å². The van der Waals surface area contributed by atoms with Crippen LogP contribution in [-0.4, -0.2) is 11.0 Å². The number of para-hydroxylation sites is 1. The summed E-state index contributed by atoms with van der Waals surface area (Å²) in [6.07, 6.45) is 6.25. The third-order valence-corrected chi connectivity index (χ3v) is 3.31. The predicted molar refractivity (Wildman–Crippen MR) is 80.3 cm³/mol. The summed E-state index contributed by atoms with van der Waals surface area (Å²) >= 11 is 0. The molecule has 1 aromatic heterocycles. The van der Waals surface area contributed by atoms with E-state index in [2.05, 4.69) is 24.1 Å². The molecule has 0 bridgehead atoms. The Morgan fingerprint density at radius 1 is 1.32 bits per heavy atom. The van der Waals surface area contributed by atoms with Gasteiger partial charge in [0.15, 0.2) is 5.58 Å². The van der Waals surface area contributed by atoms with E-state index in [4.69, 9.17) is 10.2 Å². The molecule has 0 spiro atoms. The normalized spacial score (nSPS) is 12.7. The lowest BCUT2D eigenvalue weighted by atomic mass is 10.1. The number of oxazole rings is 1. The number of rotatable bonds is 7. The highest BCUT2D eigenvalue weighted by atomic mass is 16.4. The highest BCUT2D eigenvalue weighted by Crippen LogP contribution is 2.24. The first kappa shape index (κ1) is 13.7. The van der Waals surface area contributed by atoms with E-state index < -0.39 is 0 Å². The van der Waals surface area contributed by atoms with E-state index in [1.165, 1.54) is 25.7 Å². The van der Waals surface area contributed by atoms with Crippen LogP contribution >= 0.6 is 0 Å². The number of nitrogens with zero attached hydrogens (tertiary/aromatic N) is 1. The summed E-state index contributed by atoms with van der Waals surface area (Å²) in [4.78, 5) is 4.39. The third kappa shape index (κ3) is 3.63. The number of nitrogen functional groups attached to an aromatic ring is 1. The van der Waals surface area contributed by atoms with Gasteiger partial charge in [0.2, 0.25) is 0 Å². The standard InChI is InChI=1S/C15H23N3O/c1-3-4-5-6-8-11(2)17-15-18-14-12(16)9-7-10-13(14)19-15/h7,9-11H,3-6,8,16H2,1-2H3,(H,17,18). The Kier molecular flexibility index (Phi) is 4.66. The Balaban J connectivity index is 1.92. The van der Waals surface area contributed by atoms with Crippen molar-refractivity contribution in [3.63, 3.8) is 0 Å². The van der Waals surface area contributed by atoms with Crippen molar-refractivity contribution in [2.24, 2.45) is 0 Å². The predicted octanol–water partition coefficient (Wildman–Crippen LogP) is 4.18. The van der Waals surface area contributed by atoms with Crippen LogP contribution in [0.5, 0.6) is 0 Å². The highest BCUT2D eigenvalue weighted by Gasteiger charge is 2.10. The molecule has 0 radical (unpaired) electrons. The molecule has 0 amide bonds. The second-order valence-corrected chi connectivity index (χ2v) is 5.11. The number of fused-ring (bicyclic) bond motifs is 1. The van der Waals surface area contributed by atoms with Gasteiger partial charge < -0.3 is 15.5 Å². The maximum absolute atomic E-state index is 5.86. The number of nitrogens with two attached hydrogens (primary N) is 1. The van der Waals surface area contributed by atoms with Crippen molar-refractivity contribution in [1.29, 1.82) is 0 Å². The zero-order chi connectivity index (χ0) is 13.7. The average molecular weight is 261 g/mol. The van der Waals surface area contributed by atoms with Crippen LogP contribution in [0.15, 0.2) is 22.6 Å². The van der Waals surface area contributed by atoms with Crippen LogP contribution in [0.2, 0.25) is 0 Å². The smallest absolute Gasteiger partial charge is 0.295 e. The molecule has 1 aromatic carbocycles. The monoisotopic (exact) mass is 261 g/mol. The van der Waals surface area contributed by atoms with Crippen LogP contribution in [-0.2, 0) is 0 Å². The van der Waals surface area contributed by atoms with Gasteiger partial charge in [0.05, 0.1) is 5.69 Å². The third-order valence-electron chi connectivity index (χ3n) is 3.31. The van der Waals surface area contributed by atoms with E-state index in [-0.39, 0.29) is 0 Å². The van der Waals surface area contributed by atoms with E-state index in [1.54, 1.807) is 0 Å². The number of nitrogens with one attached hydrogen (secondary N) is 1. The Labute approximate surface area is 114 Å². The number of anilines is 2. The zero-order valence-corrected chi connectivity index (χ0v) is 11.8. The molecule has 2 aromatic rings. The topological polar surface area (TPSA) is 64.1 Å². The molecule has 4 nitrogen and oxygen atoms in total. The molecule has 2 rings (SSSR count). The van der Waals surface area contributed by atoms with Crippen LogP contribution in [0, 0.1) is 0 Å². The number of hydrogen-bond donors (Lipinski definition) is 2. The van der Waals surface area contributed by atoms with Gasteiger partial charge in [-0.2, -0.15) is 4.98 Å². The van der Waals surface area contributed by atoms with Crippen LogP contribution in [0.25, 0.3) is 11.1 Å². The van der Waals surface area contributed by atoms with Gasteiger partial charge in [-0.3, -0.25) is 0 Å². The van der Waals surface area contributed by atoms with Gasteiger partial charge in [0.25, 0.3) is 6.01 Å². The molecule has 3 N–H and O–H groups in total. The van der Waals surface area contributed by atoms with Gasteiger partial charge in [-0.25, -0.2) is 0 Å². The second kappa shape index (κ2) is 6.45. The molecule has 0 aliphatic rings. The molecular formula is C15H23N3O. The zero-order valence-electron chi connectivity index (χ0n) is 11.8. The summed E-state index contributed by atoms with van der Waals surface area (Å²) in [7, 11) is 0. The summed E-state index contributed by atoms with van der Waals surface area (Å²) in [6.45, 7) is 4.38. The van der Waals surface area contributed by atoms with Gasteiger partial charge in [-0.05, 0) is 25.5 Å². The van der Waals surface area contributed by atoms with E-state index in [9.17, 15) is 0 Å². The fourth-order valence-corrected chi connectivity index (χ4v) is 2.19. The number of aromatic nitrogens is 1. The van der Waals surface area contributed by atoms with E-state index in [1.807, 2.05) is 18.2 Å². The maximum Gasteiger partial charge on any atom is 0.295 e. The Hall–Kier alpha value is -1.71. The molecule has 0 saturated heterocycles. The minimum Gasteiger partial charge on any atom is -0.423 e. The average Bonchev–Trinajstić information content (AvgIpc) is 2.79. The molecule has 0 saturated carbocycles. The molecule has 0 aliphatic heterocycles. The Morgan fingerprint density at radius 3 is 2.89 bits per heavy atom. The molecule has 1 atom stereocenters. The molecule has 1 heterocycles. The van der Waals surface area contributed by atoms with E-state index in [0.29, 0.717) is 17.7 Å². The van der Waals surface area contributed by atoms with E-state index in [0.717, 1.165) is 17.5 Å². The molecule has 0 aliphatic carbocycles. The van der Waals surface area contributed by atoms with Gasteiger partial charge in [-0.15, -0.1) is 0 Å². The lowest BCUT2D eigenvalue weighted by Gasteiger charge is -2.11. The van der Waals surface area contributed by atoms with Crippen molar-refractivity contribution in [3.05, 3.63) is 18.2 Å². The summed E-state index contributed by atoms with van der Waals surface area (Å²) in [5.74, 6) is 0. The van der Waals surface area contributed by atoms with Gasteiger partial charge in [0.1, 0.15) is 5.52 Å². The number of unbranched alkanes of at least 4 members (excludes halogenated alkanes) is 3. The Bertz CT molecular complexity index is 521. The molecule has 1 unspecified atom stereocenters. The SMILES string of the molecule is CCCCCCC(C)Nc1nc2c(N)cccc2o1. The van der Waals surface area contributed by atoms with Crippen LogP contribution in [0.3, 0.4) is 0 Å². The highest BCUT2D eigenvalue weighted by molar-refractivity contribution is 5.86.